The first kappa shape index (κ1) is 18.3. The molecular formula is C22H27NO3. The third-order valence-electron chi connectivity index (χ3n) is 4.96. The fourth-order valence-electron chi connectivity index (χ4n) is 3.51. The van der Waals surface area contributed by atoms with E-state index in [1.807, 2.05) is 48.2 Å². The molecule has 26 heavy (non-hydrogen) atoms. The lowest BCUT2D eigenvalue weighted by molar-refractivity contribution is -0.132. The van der Waals surface area contributed by atoms with Crippen molar-refractivity contribution in [3.05, 3.63) is 59.7 Å². The van der Waals surface area contributed by atoms with Gasteiger partial charge in [0.05, 0.1) is 19.8 Å². The lowest BCUT2D eigenvalue weighted by Gasteiger charge is -2.25. The number of carbonyl (C=O) groups is 1. The van der Waals surface area contributed by atoms with E-state index >= 15 is 0 Å². The van der Waals surface area contributed by atoms with Crippen molar-refractivity contribution in [1.82, 2.24) is 4.90 Å². The predicted octanol–water partition coefficient (Wildman–Crippen LogP) is 4.53. The van der Waals surface area contributed by atoms with E-state index in [-0.39, 0.29) is 11.9 Å². The molecule has 0 N–H and O–H groups in total. The highest BCUT2D eigenvalue weighted by Crippen LogP contribution is 2.33. The molecule has 2 aromatic rings. The number of nitrogens with zero attached hydrogens (tertiary/aromatic N) is 1. The Morgan fingerprint density at radius 3 is 2.65 bits per heavy atom. The summed E-state index contributed by atoms with van der Waals surface area (Å²) in [5, 5.41) is 0. The Bertz CT molecular complexity index is 726. The molecule has 1 fully saturated rings. The molecule has 1 aliphatic rings. The Hall–Kier alpha value is -2.49. The molecule has 2 aromatic carbocycles. The van der Waals surface area contributed by atoms with Crippen LogP contribution in [0, 0.1) is 6.92 Å². The van der Waals surface area contributed by atoms with Crippen LogP contribution in [0.25, 0.3) is 0 Å². The smallest absolute Gasteiger partial charge is 0.223 e. The molecular weight excluding hydrogens is 326 g/mol. The van der Waals surface area contributed by atoms with E-state index in [1.54, 1.807) is 7.11 Å². The Balaban J connectivity index is 1.51. The Labute approximate surface area is 155 Å². The highest BCUT2D eigenvalue weighted by molar-refractivity contribution is 5.77. The summed E-state index contributed by atoms with van der Waals surface area (Å²) in [6, 6.07) is 16.2. The Morgan fingerprint density at radius 1 is 1.15 bits per heavy atom. The van der Waals surface area contributed by atoms with Crippen molar-refractivity contribution in [1.29, 1.82) is 0 Å². The first-order chi connectivity index (χ1) is 12.7. The molecule has 1 aliphatic heterocycles. The van der Waals surface area contributed by atoms with Crippen molar-refractivity contribution in [2.24, 2.45) is 0 Å². The van der Waals surface area contributed by atoms with Crippen LogP contribution in [0.1, 0.15) is 42.9 Å². The number of likely N-dealkylation sites (tertiary alicyclic amines) is 1. The van der Waals surface area contributed by atoms with Crippen molar-refractivity contribution in [3.8, 4) is 11.5 Å². The minimum atomic E-state index is 0.186. The summed E-state index contributed by atoms with van der Waals surface area (Å²) in [7, 11) is 1.67. The molecule has 1 amide bonds. The maximum atomic E-state index is 12.7. The molecule has 0 saturated carbocycles. The van der Waals surface area contributed by atoms with Crippen molar-refractivity contribution >= 4 is 5.91 Å². The van der Waals surface area contributed by atoms with Crippen molar-refractivity contribution in [2.75, 3.05) is 20.3 Å². The maximum Gasteiger partial charge on any atom is 0.223 e. The summed E-state index contributed by atoms with van der Waals surface area (Å²) >= 11 is 0. The molecule has 0 aliphatic carbocycles. The quantitative estimate of drug-likeness (QED) is 0.687. The number of para-hydroxylation sites is 1. The van der Waals surface area contributed by atoms with E-state index in [2.05, 4.69) is 12.1 Å². The van der Waals surface area contributed by atoms with E-state index < -0.39 is 0 Å². The van der Waals surface area contributed by atoms with Crippen LogP contribution in [0.4, 0.5) is 0 Å². The van der Waals surface area contributed by atoms with Crippen LogP contribution in [-0.2, 0) is 4.79 Å². The molecule has 0 bridgehead atoms. The molecule has 3 rings (SSSR count). The Morgan fingerprint density at radius 2 is 1.92 bits per heavy atom. The van der Waals surface area contributed by atoms with Gasteiger partial charge in [-0.1, -0.05) is 30.3 Å². The van der Waals surface area contributed by atoms with Gasteiger partial charge in [0.15, 0.2) is 0 Å². The monoisotopic (exact) mass is 353 g/mol. The third-order valence-corrected chi connectivity index (χ3v) is 4.96. The van der Waals surface area contributed by atoms with Crippen LogP contribution in [0.3, 0.4) is 0 Å². The summed E-state index contributed by atoms with van der Waals surface area (Å²) in [4.78, 5) is 14.7. The number of rotatable bonds is 7. The summed E-state index contributed by atoms with van der Waals surface area (Å²) in [6.45, 7) is 3.44. The molecule has 0 spiro atoms. The van der Waals surface area contributed by atoms with E-state index in [9.17, 15) is 4.79 Å². The van der Waals surface area contributed by atoms with Gasteiger partial charge in [0, 0.05) is 13.0 Å². The van der Waals surface area contributed by atoms with Gasteiger partial charge in [0.2, 0.25) is 5.91 Å². The average molecular weight is 353 g/mol. The second kappa shape index (κ2) is 8.75. The van der Waals surface area contributed by atoms with Gasteiger partial charge in [-0.05, 0) is 55.5 Å². The zero-order valence-corrected chi connectivity index (χ0v) is 15.6. The zero-order valence-electron chi connectivity index (χ0n) is 15.6. The number of hydrogen-bond donors (Lipinski definition) is 0. The third kappa shape index (κ3) is 4.37. The van der Waals surface area contributed by atoms with Crippen molar-refractivity contribution < 1.29 is 14.3 Å². The normalized spacial score (nSPS) is 16.5. The van der Waals surface area contributed by atoms with Gasteiger partial charge >= 0.3 is 0 Å². The average Bonchev–Trinajstić information content (AvgIpc) is 3.16. The number of methoxy groups -OCH3 is 1. The zero-order chi connectivity index (χ0) is 18.4. The largest absolute Gasteiger partial charge is 0.497 e. The fraction of sp³-hybridized carbons (Fsp3) is 0.409. The van der Waals surface area contributed by atoms with E-state index in [0.717, 1.165) is 42.9 Å². The molecule has 0 radical (unpaired) electrons. The SMILES string of the molecule is COc1ccc([C@@H]2CCCN2C(=O)CCCOc2ccccc2C)cc1. The standard InChI is InChI=1S/C22H27NO3/c1-17-7-3-4-9-21(17)26-16-6-10-22(24)23-15-5-8-20(23)18-11-13-19(25-2)14-12-18/h3-4,7,9,11-14,20H,5-6,8,10,15-16H2,1-2H3/t20-/m0/s1. The summed E-state index contributed by atoms with van der Waals surface area (Å²) < 4.78 is 11.0. The van der Waals surface area contributed by atoms with Gasteiger partial charge in [-0.3, -0.25) is 4.79 Å². The number of amides is 1. The molecule has 0 unspecified atom stereocenters. The van der Waals surface area contributed by atoms with Crippen LogP contribution < -0.4 is 9.47 Å². The molecule has 4 nitrogen and oxygen atoms in total. The first-order valence-electron chi connectivity index (χ1n) is 9.31. The minimum Gasteiger partial charge on any atom is -0.497 e. The number of carbonyl (C=O) groups excluding carboxylic acids is 1. The topological polar surface area (TPSA) is 38.8 Å². The van der Waals surface area contributed by atoms with E-state index in [4.69, 9.17) is 9.47 Å². The molecule has 4 heteroatoms. The molecule has 1 heterocycles. The van der Waals surface area contributed by atoms with Gasteiger partial charge in [-0.2, -0.15) is 0 Å². The number of benzene rings is 2. The summed E-state index contributed by atoms with van der Waals surface area (Å²) in [5.41, 5.74) is 2.31. The van der Waals surface area contributed by atoms with Crippen LogP contribution in [-0.4, -0.2) is 31.1 Å². The fourth-order valence-corrected chi connectivity index (χ4v) is 3.51. The van der Waals surface area contributed by atoms with Gasteiger partial charge < -0.3 is 14.4 Å². The predicted molar refractivity (Wildman–Crippen MR) is 103 cm³/mol. The summed E-state index contributed by atoms with van der Waals surface area (Å²) in [6.07, 6.45) is 3.34. The van der Waals surface area contributed by atoms with Crippen LogP contribution in [0.2, 0.25) is 0 Å². The van der Waals surface area contributed by atoms with E-state index in [0.29, 0.717) is 13.0 Å². The van der Waals surface area contributed by atoms with Crippen molar-refractivity contribution in [3.63, 3.8) is 0 Å². The van der Waals surface area contributed by atoms with Gasteiger partial charge in [-0.25, -0.2) is 0 Å². The number of aryl methyl sites for hydroxylation is 1. The highest BCUT2D eigenvalue weighted by atomic mass is 16.5. The maximum absolute atomic E-state index is 12.7. The lowest BCUT2D eigenvalue weighted by Crippen LogP contribution is -2.30. The first-order valence-corrected chi connectivity index (χ1v) is 9.31. The second-order valence-corrected chi connectivity index (χ2v) is 6.74. The van der Waals surface area contributed by atoms with Crippen LogP contribution in [0.15, 0.2) is 48.5 Å². The number of ether oxygens (including phenoxy) is 2. The van der Waals surface area contributed by atoms with Gasteiger partial charge in [-0.15, -0.1) is 0 Å². The van der Waals surface area contributed by atoms with Crippen LogP contribution >= 0.6 is 0 Å². The Kier molecular flexibility index (Phi) is 6.16. The highest BCUT2D eigenvalue weighted by Gasteiger charge is 2.29. The second-order valence-electron chi connectivity index (χ2n) is 6.74. The van der Waals surface area contributed by atoms with Crippen LogP contribution in [0.5, 0.6) is 11.5 Å². The minimum absolute atomic E-state index is 0.186. The summed E-state index contributed by atoms with van der Waals surface area (Å²) in [5.74, 6) is 1.96. The number of hydrogen-bond acceptors (Lipinski definition) is 3. The molecule has 1 atom stereocenters. The molecule has 1 saturated heterocycles. The van der Waals surface area contributed by atoms with E-state index in [1.165, 1.54) is 5.56 Å². The lowest BCUT2D eigenvalue weighted by atomic mass is 10.0. The molecule has 0 aromatic heterocycles. The van der Waals surface area contributed by atoms with Gasteiger partial charge in [0.25, 0.3) is 0 Å². The van der Waals surface area contributed by atoms with Gasteiger partial charge in [0.1, 0.15) is 11.5 Å². The molecule has 138 valence electrons. The van der Waals surface area contributed by atoms with Crippen molar-refractivity contribution in [2.45, 2.75) is 38.6 Å².